The van der Waals surface area contributed by atoms with Gasteiger partial charge in [0, 0.05) is 26.2 Å². The van der Waals surface area contributed by atoms with Gasteiger partial charge in [-0.3, -0.25) is 24.9 Å². The molecule has 3 rings (SSSR count). The molecule has 1 aliphatic heterocycles. The number of alkyl halides is 3. The highest BCUT2D eigenvalue weighted by atomic mass is 35.5. The summed E-state index contributed by atoms with van der Waals surface area (Å²) in [6.07, 6.45) is -4.87. The third kappa shape index (κ3) is 3.87. The summed E-state index contributed by atoms with van der Waals surface area (Å²) in [6, 6.07) is 3.12. The van der Waals surface area contributed by atoms with Crippen molar-refractivity contribution in [3.63, 3.8) is 0 Å². The fraction of sp³-hybridized carbons (Fsp3) is 0.429. The van der Waals surface area contributed by atoms with E-state index in [1.807, 2.05) is 0 Å². The van der Waals surface area contributed by atoms with Crippen molar-refractivity contribution in [3.05, 3.63) is 33.4 Å². The van der Waals surface area contributed by atoms with Gasteiger partial charge in [0.15, 0.2) is 6.29 Å². The number of rotatable bonds is 3. The molecule has 25 heavy (non-hydrogen) atoms. The molecule has 0 spiro atoms. The van der Waals surface area contributed by atoms with Crippen LogP contribution in [0.15, 0.2) is 23.0 Å². The highest BCUT2D eigenvalue weighted by Crippen LogP contribution is 2.33. The summed E-state index contributed by atoms with van der Waals surface area (Å²) in [5.41, 5.74) is -0.731. The first kappa shape index (κ1) is 19.9. The Hall–Kier alpha value is -1.46. The molecule has 1 unspecified atom stereocenters. The molecule has 0 radical (unpaired) electrons. The van der Waals surface area contributed by atoms with Gasteiger partial charge in [-0.05, 0) is 18.2 Å². The van der Waals surface area contributed by atoms with Crippen LogP contribution in [0.5, 0.6) is 0 Å². The van der Waals surface area contributed by atoms with Gasteiger partial charge < -0.3 is 0 Å². The Morgan fingerprint density at radius 1 is 1.20 bits per heavy atom. The Morgan fingerprint density at radius 3 is 2.40 bits per heavy atom. The molecule has 1 aromatic carbocycles. The lowest BCUT2D eigenvalue weighted by molar-refractivity contribution is -0.137. The minimum atomic E-state index is -4.52. The molecule has 1 saturated heterocycles. The van der Waals surface area contributed by atoms with Crippen LogP contribution < -0.4 is 10.7 Å². The molecule has 2 aromatic rings. The normalized spacial score (nSPS) is 18.1. The van der Waals surface area contributed by atoms with Gasteiger partial charge in [0.2, 0.25) is 0 Å². The minimum absolute atomic E-state index is 0. The number of piperazine rings is 1. The molecule has 0 aliphatic carbocycles. The Bertz CT molecular complexity index is 814. The quantitative estimate of drug-likeness (QED) is 0.631. The lowest BCUT2D eigenvalue weighted by Gasteiger charge is -2.35. The fourth-order valence-electron chi connectivity index (χ4n) is 2.77. The number of carbonyl (C=O) groups excluding carboxylic acids is 1. The zero-order chi connectivity index (χ0) is 17.5. The maximum absolute atomic E-state index is 13.0. The Kier molecular flexibility index (Phi) is 5.89. The van der Waals surface area contributed by atoms with Crippen molar-refractivity contribution in [1.82, 2.24) is 14.5 Å². The van der Waals surface area contributed by atoms with Gasteiger partial charge in [0.25, 0.3) is 0 Å². The monoisotopic (exact) mass is 396 g/mol. The summed E-state index contributed by atoms with van der Waals surface area (Å²) in [5, 5.41) is 1.59. The van der Waals surface area contributed by atoms with Gasteiger partial charge in [-0.1, -0.05) is 11.3 Å². The van der Waals surface area contributed by atoms with Crippen LogP contribution in [0.3, 0.4) is 0 Å². The van der Waals surface area contributed by atoms with Crippen LogP contribution in [0.1, 0.15) is 11.7 Å². The van der Waals surface area contributed by atoms with Crippen molar-refractivity contribution in [3.8, 4) is 0 Å². The van der Waals surface area contributed by atoms with E-state index in [-0.39, 0.29) is 17.9 Å². The molecular weight excluding hydrogens is 381 g/mol. The van der Waals surface area contributed by atoms with Gasteiger partial charge in [-0.25, -0.2) is 5.01 Å². The number of fused-ring (bicyclic) bond motifs is 1. The smallest absolute Gasteiger partial charge is 0.299 e. The first-order chi connectivity index (χ1) is 11.3. The van der Waals surface area contributed by atoms with Crippen molar-refractivity contribution in [2.45, 2.75) is 12.3 Å². The highest BCUT2D eigenvalue weighted by molar-refractivity contribution is 7.16. The number of aldehydes is 1. The molecule has 1 fully saturated rings. The number of thiazole rings is 1. The average Bonchev–Trinajstić information content (AvgIpc) is 2.85. The summed E-state index contributed by atoms with van der Waals surface area (Å²) in [5.74, 6) is 5.67. The second-order valence-corrected chi connectivity index (χ2v) is 6.53. The number of nitrogens with zero attached hydrogens (tertiary/aromatic N) is 3. The van der Waals surface area contributed by atoms with Crippen LogP contribution in [0.25, 0.3) is 10.2 Å². The van der Waals surface area contributed by atoms with Gasteiger partial charge in [0.05, 0.1) is 15.8 Å². The summed E-state index contributed by atoms with van der Waals surface area (Å²) < 4.78 is 40.4. The van der Waals surface area contributed by atoms with Crippen LogP contribution in [-0.2, 0) is 11.0 Å². The van der Waals surface area contributed by atoms with Crippen LogP contribution in [0.4, 0.5) is 13.2 Å². The molecule has 0 saturated carbocycles. The van der Waals surface area contributed by atoms with E-state index < -0.39 is 22.8 Å². The van der Waals surface area contributed by atoms with E-state index in [0.717, 1.165) is 28.0 Å². The third-order valence-electron chi connectivity index (χ3n) is 4.05. The topological polar surface area (TPSA) is 71.6 Å². The molecule has 0 bridgehead atoms. The fourth-order valence-corrected chi connectivity index (χ4v) is 3.66. The van der Waals surface area contributed by atoms with E-state index >= 15 is 0 Å². The van der Waals surface area contributed by atoms with E-state index in [9.17, 15) is 22.8 Å². The maximum Gasteiger partial charge on any atom is 0.416 e. The SMILES string of the molecule is Cl.NN1CCN(C(C=O)n2c(=O)sc3ccc(C(F)(F)F)cc32)CC1. The number of carbonyl (C=O) groups is 1. The highest BCUT2D eigenvalue weighted by Gasteiger charge is 2.32. The van der Waals surface area contributed by atoms with Crippen molar-refractivity contribution in [2.24, 2.45) is 5.84 Å². The molecular formula is C14H16ClF3N4O2S. The van der Waals surface area contributed by atoms with E-state index in [1.165, 1.54) is 6.07 Å². The van der Waals surface area contributed by atoms with Crippen LogP contribution >= 0.6 is 23.7 Å². The van der Waals surface area contributed by atoms with Crippen molar-refractivity contribution in [1.29, 1.82) is 0 Å². The van der Waals surface area contributed by atoms with E-state index in [1.54, 1.807) is 9.91 Å². The number of hydrogen-bond donors (Lipinski definition) is 1. The zero-order valence-corrected chi connectivity index (χ0v) is 14.5. The number of halogens is 4. The summed E-state index contributed by atoms with van der Waals surface area (Å²) in [7, 11) is 0. The summed E-state index contributed by atoms with van der Waals surface area (Å²) >= 11 is 0.826. The molecule has 2 heterocycles. The molecule has 6 nitrogen and oxygen atoms in total. The van der Waals surface area contributed by atoms with Crippen molar-refractivity contribution < 1.29 is 18.0 Å². The van der Waals surface area contributed by atoms with Gasteiger partial charge in [-0.2, -0.15) is 13.2 Å². The second-order valence-electron chi connectivity index (χ2n) is 5.54. The first-order valence-electron chi connectivity index (χ1n) is 7.22. The largest absolute Gasteiger partial charge is 0.416 e. The predicted molar refractivity (Wildman–Crippen MR) is 90.8 cm³/mol. The third-order valence-corrected chi connectivity index (χ3v) is 4.99. The first-order valence-corrected chi connectivity index (χ1v) is 8.04. The Balaban J connectivity index is 0.00000225. The van der Waals surface area contributed by atoms with Gasteiger partial charge >= 0.3 is 11.0 Å². The van der Waals surface area contributed by atoms with Crippen molar-refractivity contribution >= 4 is 40.2 Å². The zero-order valence-electron chi connectivity index (χ0n) is 12.9. The Morgan fingerprint density at radius 2 is 1.84 bits per heavy atom. The molecule has 138 valence electrons. The van der Waals surface area contributed by atoms with E-state index in [4.69, 9.17) is 5.84 Å². The number of nitrogens with two attached hydrogens (primary N) is 1. The molecule has 1 aliphatic rings. The van der Waals surface area contributed by atoms with Crippen molar-refractivity contribution in [2.75, 3.05) is 26.2 Å². The molecule has 1 atom stereocenters. The molecule has 11 heteroatoms. The van der Waals surface area contributed by atoms with E-state index in [2.05, 4.69) is 0 Å². The maximum atomic E-state index is 13.0. The Labute approximate surface area is 151 Å². The standard InChI is InChI=1S/C14H15F3N4O2S.ClH/c15-14(16,17)9-1-2-11-10(7-9)21(13(23)24-11)12(8-22)19-3-5-20(18)6-4-19;/h1-2,7-8,12H,3-6,18H2;1H. The number of aromatic nitrogens is 1. The summed E-state index contributed by atoms with van der Waals surface area (Å²) in [4.78, 5) is 25.2. The lowest BCUT2D eigenvalue weighted by Crippen LogP contribution is -2.52. The number of hydrazine groups is 1. The van der Waals surface area contributed by atoms with Gasteiger partial charge in [-0.15, -0.1) is 12.4 Å². The van der Waals surface area contributed by atoms with Crippen LogP contribution in [-0.4, -0.2) is 46.9 Å². The molecule has 1 aromatic heterocycles. The predicted octanol–water partition coefficient (Wildman–Crippen LogP) is 1.69. The summed E-state index contributed by atoms with van der Waals surface area (Å²) in [6.45, 7) is 1.91. The molecule has 0 amide bonds. The molecule has 2 N–H and O–H groups in total. The lowest BCUT2D eigenvalue weighted by atomic mass is 10.2. The minimum Gasteiger partial charge on any atom is -0.299 e. The van der Waals surface area contributed by atoms with Crippen LogP contribution in [0, 0.1) is 0 Å². The number of hydrogen-bond acceptors (Lipinski definition) is 6. The van der Waals surface area contributed by atoms with E-state index in [0.29, 0.717) is 37.2 Å². The van der Waals surface area contributed by atoms with Crippen LogP contribution in [0.2, 0.25) is 0 Å². The number of benzene rings is 1. The average molecular weight is 397 g/mol. The van der Waals surface area contributed by atoms with Gasteiger partial charge in [0.1, 0.15) is 6.17 Å². The second kappa shape index (κ2) is 7.42.